The molecule has 4 atom stereocenters. The molecule has 0 unspecified atom stereocenters. The van der Waals surface area contributed by atoms with E-state index in [1.54, 1.807) is 7.05 Å². The first-order chi connectivity index (χ1) is 10.1. The molecule has 0 aromatic carbocycles. The normalized spacial score (nSPS) is 29.1. The molecule has 1 aliphatic heterocycles. The molecule has 0 spiro atoms. The van der Waals surface area contributed by atoms with Gasteiger partial charge in [-0.1, -0.05) is 0 Å². The first-order valence-electron chi connectivity index (χ1n) is 6.34. The number of aliphatic hydroxyl groups is 3. The summed E-state index contributed by atoms with van der Waals surface area (Å²) in [6, 6.07) is 0. The van der Waals surface area contributed by atoms with Crippen molar-refractivity contribution in [3.05, 3.63) is 16.7 Å². The van der Waals surface area contributed by atoms with E-state index < -0.39 is 36.7 Å². The molecule has 0 saturated carbocycles. The van der Waals surface area contributed by atoms with Crippen LogP contribution in [0.3, 0.4) is 0 Å². The smallest absolute Gasteiger partial charge is 0.278 e. The monoisotopic (exact) mass is 297 g/mol. The van der Waals surface area contributed by atoms with Gasteiger partial charge in [0.25, 0.3) is 5.56 Å². The zero-order valence-corrected chi connectivity index (χ0v) is 11.1. The van der Waals surface area contributed by atoms with Crippen LogP contribution in [-0.2, 0) is 4.74 Å². The number of aliphatic hydroxyl groups excluding tert-OH is 3. The summed E-state index contributed by atoms with van der Waals surface area (Å²) >= 11 is 0. The predicted octanol–water partition coefficient (Wildman–Crippen LogP) is -2.23. The van der Waals surface area contributed by atoms with Crippen molar-refractivity contribution in [1.82, 2.24) is 19.5 Å². The summed E-state index contributed by atoms with van der Waals surface area (Å²) in [7, 11) is 1.59. The van der Waals surface area contributed by atoms with Gasteiger partial charge in [-0.15, -0.1) is 0 Å². The number of fused-ring (bicyclic) bond motifs is 1. The van der Waals surface area contributed by atoms with Crippen LogP contribution in [-0.4, -0.2) is 66.8 Å². The summed E-state index contributed by atoms with van der Waals surface area (Å²) in [5.41, 5.74) is -0.139. The molecule has 5 N–H and O–H groups in total. The van der Waals surface area contributed by atoms with Crippen LogP contribution in [0.5, 0.6) is 0 Å². The molecule has 2 aromatic rings. The maximum atomic E-state index is 11.7. The number of nitrogens with zero attached hydrogens (tertiary/aromatic N) is 3. The van der Waals surface area contributed by atoms with Crippen LogP contribution in [0.15, 0.2) is 11.1 Å². The van der Waals surface area contributed by atoms with Crippen molar-refractivity contribution in [2.45, 2.75) is 24.5 Å². The largest absolute Gasteiger partial charge is 0.394 e. The van der Waals surface area contributed by atoms with Gasteiger partial charge >= 0.3 is 0 Å². The van der Waals surface area contributed by atoms with E-state index in [9.17, 15) is 15.0 Å². The molecule has 2 aromatic heterocycles. The quantitative estimate of drug-likeness (QED) is 0.428. The molecule has 0 amide bonds. The van der Waals surface area contributed by atoms with Crippen LogP contribution in [0.25, 0.3) is 11.2 Å². The highest BCUT2D eigenvalue weighted by atomic mass is 16.6. The molecule has 10 nitrogen and oxygen atoms in total. The fourth-order valence-electron chi connectivity index (χ4n) is 2.43. The van der Waals surface area contributed by atoms with Gasteiger partial charge in [-0.3, -0.25) is 9.36 Å². The Bertz CT molecular complexity index is 713. The number of rotatable bonds is 3. The predicted molar refractivity (Wildman–Crippen MR) is 70.7 cm³/mol. The first kappa shape index (κ1) is 13.9. The number of hydrogen-bond acceptors (Lipinski definition) is 8. The topological polar surface area (TPSA) is 146 Å². The zero-order valence-electron chi connectivity index (χ0n) is 11.1. The molecule has 1 aliphatic rings. The van der Waals surface area contributed by atoms with Crippen molar-refractivity contribution in [1.29, 1.82) is 0 Å². The number of nitrogens with one attached hydrogen (secondary N) is 2. The van der Waals surface area contributed by atoms with Gasteiger partial charge in [0.2, 0.25) is 5.95 Å². The molecule has 3 rings (SSSR count). The number of aromatic amines is 1. The highest BCUT2D eigenvalue weighted by molar-refractivity contribution is 5.73. The van der Waals surface area contributed by atoms with Crippen LogP contribution in [0, 0.1) is 0 Å². The van der Waals surface area contributed by atoms with Gasteiger partial charge in [-0.2, -0.15) is 0 Å². The van der Waals surface area contributed by atoms with Crippen LogP contribution in [0.1, 0.15) is 6.23 Å². The van der Waals surface area contributed by atoms with E-state index in [1.807, 2.05) is 0 Å². The lowest BCUT2D eigenvalue weighted by atomic mass is 10.1. The minimum absolute atomic E-state index is 0.0830. The maximum absolute atomic E-state index is 11.7. The second-order valence-electron chi connectivity index (χ2n) is 4.69. The van der Waals surface area contributed by atoms with Crippen molar-refractivity contribution in [3.8, 4) is 0 Å². The summed E-state index contributed by atoms with van der Waals surface area (Å²) in [5.74, 6) is 0.254. The lowest BCUT2D eigenvalue weighted by Crippen LogP contribution is -2.33. The van der Waals surface area contributed by atoms with Gasteiger partial charge in [-0.25, -0.2) is 9.97 Å². The Kier molecular flexibility index (Phi) is 3.37. The van der Waals surface area contributed by atoms with Gasteiger partial charge in [0.1, 0.15) is 18.3 Å². The van der Waals surface area contributed by atoms with E-state index in [1.165, 1.54) is 10.9 Å². The highest BCUT2D eigenvalue weighted by Gasteiger charge is 2.44. The number of aromatic nitrogens is 4. The third-order valence-electron chi connectivity index (χ3n) is 3.48. The summed E-state index contributed by atoms with van der Waals surface area (Å²) in [6.07, 6.45) is -3.26. The average molecular weight is 297 g/mol. The van der Waals surface area contributed by atoms with Crippen LogP contribution in [0.4, 0.5) is 5.95 Å². The lowest BCUT2D eigenvalue weighted by molar-refractivity contribution is -0.0501. The zero-order chi connectivity index (χ0) is 15.1. The lowest BCUT2D eigenvalue weighted by Gasteiger charge is -2.18. The molecule has 1 fully saturated rings. The Hall–Kier alpha value is -2.01. The third kappa shape index (κ3) is 2.00. The Morgan fingerprint density at radius 3 is 2.86 bits per heavy atom. The first-order valence-corrected chi connectivity index (χ1v) is 6.34. The second kappa shape index (κ2) is 5.07. The molecule has 10 heteroatoms. The maximum Gasteiger partial charge on any atom is 0.278 e. The van der Waals surface area contributed by atoms with Gasteiger partial charge < -0.3 is 30.4 Å². The molecule has 21 heavy (non-hydrogen) atoms. The third-order valence-corrected chi connectivity index (χ3v) is 3.48. The highest BCUT2D eigenvalue weighted by Crippen LogP contribution is 2.33. The second-order valence-corrected chi connectivity index (χ2v) is 4.69. The summed E-state index contributed by atoms with van der Waals surface area (Å²) < 4.78 is 6.83. The number of anilines is 1. The van der Waals surface area contributed by atoms with Gasteiger partial charge in [0.15, 0.2) is 17.4 Å². The molecular weight excluding hydrogens is 282 g/mol. The summed E-state index contributed by atoms with van der Waals surface area (Å²) in [4.78, 5) is 22.3. The number of imidazole rings is 1. The van der Waals surface area contributed by atoms with E-state index in [2.05, 4.69) is 20.3 Å². The molecule has 0 aliphatic carbocycles. The van der Waals surface area contributed by atoms with Crippen molar-refractivity contribution >= 4 is 17.1 Å². The van der Waals surface area contributed by atoms with Crippen LogP contribution >= 0.6 is 0 Å². The Morgan fingerprint density at radius 1 is 1.48 bits per heavy atom. The molecule has 3 heterocycles. The van der Waals surface area contributed by atoms with Crippen LogP contribution in [0.2, 0.25) is 0 Å². The molecule has 1 saturated heterocycles. The fourth-order valence-corrected chi connectivity index (χ4v) is 2.43. The standard InChI is InChI=1S/C11H15N5O5/c1-12-11-15-5-8(13-3-14-9(5)20)16(11)10-7(19)6(18)4(2-17)21-10/h3-4,6-7,10,17-19H,2H2,1H3,(H,12,15)(H,13,14,20)/t4-,6+,7-,10-/m0/s1. The van der Waals surface area contributed by atoms with Crippen molar-refractivity contribution in [2.24, 2.45) is 0 Å². The fraction of sp³-hybridized carbons (Fsp3) is 0.545. The van der Waals surface area contributed by atoms with E-state index >= 15 is 0 Å². The van der Waals surface area contributed by atoms with E-state index in [4.69, 9.17) is 9.84 Å². The summed E-state index contributed by atoms with van der Waals surface area (Å²) in [5, 5.41) is 31.9. The Labute approximate surface area is 118 Å². The van der Waals surface area contributed by atoms with Crippen molar-refractivity contribution < 1.29 is 20.1 Å². The van der Waals surface area contributed by atoms with E-state index in [0.717, 1.165) is 0 Å². The van der Waals surface area contributed by atoms with Gasteiger partial charge in [0.05, 0.1) is 12.9 Å². The molecular formula is C11H15N5O5. The summed E-state index contributed by atoms with van der Waals surface area (Å²) in [6.45, 7) is -0.440. The number of H-pyrrole nitrogens is 1. The Morgan fingerprint density at radius 2 is 2.24 bits per heavy atom. The van der Waals surface area contributed by atoms with Gasteiger partial charge in [0, 0.05) is 7.05 Å². The number of ether oxygens (including phenoxy) is 1. The molecule has 0 radical (unpaired) electrons. The minimum atomic E-state index is -1.28. The SMILES string of the molecule is CNc1nc2c(=O)[nH]cnc2n1[C@H]1O[C@@H](CO)[C@@H](O)[C@@H]1O. The molecule has 0 bridgehead atoms. The average Bonchev–Trinajstić information content (AvgIpc) is 2.99. The Balaban J connectivity index is 2.16. The minimum Gasteiger partial charge on any atom is -0.394 e. The molecule has 114 valence electrons. The van der Waals surface area contributed by atoms with Crippen LogP contribution < -0.4 is 10.9 Å². The van der Waals surface area contributed by atoms with E-state index in [-0.39, 0.29) is 17.1 Å². The van der Waals surface area contributed by atoms with E-state index in [0.29, 0.717) is 0 Å². The van der Waals surface area contributed by atoms with Gasteiger partial charge in [-0.05, 0) is 0 Å². The number of hydrogen-bond donors (Lipinski definition) is 5. The van der Waals surface area contributed by atoms with Crippen molar-refractivity contribution in [3.63, 3.8) is 0 Å². The van der Waals surface area contributed by atoms with Crippen molar-refractivity contribution in [2.75, 3.05) is 19.0 Å².